The highest BCUT2D eigenvalue weighted by atomic mass is 32.1. The Balaban J connectivity index is 1.68. The molecule has 0 radical (unpaired) electrons. The highest BCUT2D eigenvalue weighted by Crippen LogP contribution is 2.61. The Kier molecular flexibility index (Phi) is 5.85. The van der Waals surface area contributed by atoms with Crippen molar-refractivity contribution in [1.82, 2.24) is 4.90 Å². The van der Waals surface area contributed by atoms with Crippen molar-refractivity contribution in [3.05, 3.63) is 35.9 Å². The van der Waals surface area contributed by atoms with Crippen molar-refractivity contribution in [1.29, 1.82) is 0 Å². The van der Waals surface area contributed by atoms with Crippen LogP contribution in [0.3, 0.4) is 0 Å². The highest BCUT2D eigenvalue weighted by Gasteiger charge is 2.55. The van der Waals surface area contributed by atoms with Gasteiger partial charge in [-0.25, -0.2) is 0 Å². The van der Waals surface area contributed by atoms with Gasteiger partial charge in [0, 0.05) is 24.5 Å². The van der Waals surface area contributed by atoms with Gasteiger partial charge in [0.15, 0.2) is 0 Å². The van der Waals surface area contributed by atoms with Crippen LogP contribution in [-0.4, -0.2) is 29.0 Å². The number of nitrogens with zero attached hydrogens (tertiary/aromatic N) is 1. The molecule has 1 aliphatic heterocycles. The third-order valence-electron chi connectivity index (χ3n) is 9.12. The molecule has 3 fully saturated rings. The molecule has 4 rings (SSSR count). The molecule has 2 N–H and O–H groups in total. The molecule has 6 unspecified atom stereocenters. The molecule has 166 valence electrons. The van der Waals surface area contributed by atoms with Gasteiger partial charge < -0.3 is 10.6 Å². The van der Waals surface area contributed by atoms with E-state index in [-0.39, 0.29) is 22.3 Å². The number of thiocarbonyl (C=S) groups is 1. The first kappa shape index (κ1) is 22.3. The molecule has 0 aromatic heterocycles. The lowest BCUT2D eigenvalue weighted by molar-refractivity contribution is -0.00223. The molecule has 6 atom stereocenters. The van der Waals surface area contributed by atoms with Gasteiger partial charge in [0.25, 0.3) is 0 Å². The molecule has 2 saturated carbocycles. The summed E-state index contributed by atoms with van der Waals surface area (Å²) < 4.78 is 0. The Hall–Kier alpha value is -0.930. The first-order chi connectivity index (χ1) is 14.1. The maximum Gasteiger partial charge on any atom is 0.0839 e. The second kappa shape index (κ2) is 7.89. The summed E-state index contributed by atoms with van der Waals surface area (Å²) in [4.78, 5) is 3.75. The van der Waals surface area contributed by atoms with Gasteiger partial charge in [-0.2, -0.15) is 0 Å². The van der Waals surface area contributed by atoms with E-state index >= 15 is 0 Å². The molecule has 30 heavy (non-hydrogen) atoms. The Labute approximate surface area is 190 Å². The van der Waals surface area contributed by atoms with Crippen LogP contribution in [0.1, 0.15) is 78.7 Å². The normalized spacial score (nSPS) is 40.8. The van der Waals surface area contributed by atoms with Crippen LogP contribution in [0.4, 0.5) is 0 Å². The summed E-state index contributed by atoms with van der Waals surface area (Å²) in [6.45, 7) is 14.0. The topological polar surface area (TPSA) is 29.3 Å². The lowest BCUT2D eigenvalue weighted by Crippen LogP contribution is -2.59. The monoisotopic (exact) mass is 426 g/mol. The van der Waals surface area contributed by atoms with Gasteiger partial charge in [-0.15, -0.1) is 0 Å². The van der Waals surface area contributed by atoms with Gasteiger partial charge in [-0.05, 0) is 66.3 Å². The lowest BCUT2D eigenvalue weighted by Gasteiger charge is -2.59. The zero-order valence-electron chi connectivity index (χ0n) is 19.8. The standard InChI is InChI=1S/C27H42N2S/c1-6-22-19(2)14-27(21-10-8-7-9-11-21)16-20(22)15-26(5,17-27)24(30)29-13-12-23(28)25(3,4)18-29/h7-11,19-20,22-23H,6,12-18,28H2,1-5H3. The van der Waals surface area contributed by atoms with Crippen LogP contribution >= 0.6 is 12.2 Å². The van der Waals surface area contributed by atoms with Gasteiger partial charge in [0.1, 0.15) is 0 Å². The third-order valence-corrected chi connectivity index (χ3v) is 9.87. The summed E-state index contributed by atoms with van der Waals surface area (Å²) in [6, 6.07) is 11.7. The van der Waals surface area contributed by atoms with Crippen molar-refractivity contribution in [2.75, 3.05) is 13.1 Å². The van der Waals surface area contributed by atoms with E-state index in [9.17, 15) is 0 Å². The maximum atomic E-state index is 6.44. The SMILES string of the molecule is CCC1C(C)CC2(c3ccccc3)CC1CC(C)(C(=S)N1CCC(N)C(C)(C)C1)C2. The fourth-order valence-electron chi connectivity index (χ4n) is 7.69. The van der Waals surface area contributed by atoms with Gasteiger partial charge in [-0.3, -0.25) is 0 Å². The molecule has 3 heteroatoms. The number of fused-ring (bicyclic) bond motifs is 2. The van der Waals surface area contributed by atoms with E-state index in [0.717, 1.165) is 37.3 Å². The van der Waals surface area contributed by atoms with E-state index in [1.54, 1.807) is 5.56 Å². The molecular weight excluding hydrogens is 384 g/mol. The second-order valence-corrected chi connectivity index (χ2v) is 12.3. The van der Waals surface area contributed by atoms with Gasteiger partial charge >= 0.3 is 0 Å². The summed E-state index contributed by atoms with van der Waals surface area (Å²) in [5.41, 5.74) is 8.48. The Bertz CT molecular complexity index is 770. The number of benzene rings is 1. The molecule has 1 aromatic rings. The van der Waals surface area contributed by atoms with Crippen LogP contribution in [0.5, 0.6) is 0 Å². The highest BCUT2D eigenvalue weighted by molar-refractivity contribution is 7.80. The van der Waals surface area contributed by atoms with Crippen LogP contribution in [0.25, 0.3) is 0 Å². The maximum absolute atomic E-state index is 6.44. The number of hydrogen-bond acceptors (Lipinski definition) is 2. The van der Waals surface area contributed by atoms with E-state index in [4.69, 9.17) is 18.0 Å². The minimum Gasteiger partial charge on any atom is -0.365 e. The molecular formula is C27H42N2S. The fourth-order valence-corrected chi connectivity index (χ4v) is 8.00. The van der Waals surface area contributed by atoms with Crippen molar-refractivity contribution in [3.8, 4) is 0 Å². The predicted octanol–water partition coefficient (Wildman–Crippen LogP) is 6.18. The number of hydrogen-bond donors (Lipinski definition) is 1. The molecule has 0 amide bonds. The summed E-state index contributed by atoms with van der Waals surface area (Å²) in [5, 5.41) is 0. The summed E-state index contributed by atoms with van der Waals surface area (Å²) in [5.74, 6) is 2.39. The van der Waals surface area contributed by atoms with E-state index < -0.39 is 0 Å². The molecule has 3 aliphatic rings. The minimum absolute atomic E-state index is 0.0964. The molecule has 2 aliphatic carbocycles. The van der Waals surface area contributed by atoms with E-state index in [0.29, 0.717) is 0 Å². The predicted molar refractivity (Wildman–Crippen MR) is 132 cm³/mol. The average molecular weight is 427 g/mol. The largest absolute Gasteiger partial charge is 0.365 e. The van der Waals surface area contributed by atoms with E-state index in [2.05, 4.69) is 69.9 Å². The number of piperidine rings is 1. The van der Waals surface area contributed by atoms with Crippen molar-refractivity contribution < 1.29 is 0 Å². The van der Waals surface area contributed by atoms with Crippen molar-refractivity contribution in [2.45, 2.75) is 84.6 Å². The lowest BCUT2D eigenvalue weighted by atomic mass is 9.47. The molecule has 1 heterocycles. The first-order valence-electron chi connectivity index (χ1n) is 12.2. The zero-order chi connectivity index (χ0) is 21.7. The van der Waals surface area contributed by atoms with Gasteiger partial charge in [0.05, 0.1) is 4.99 Å². The molecule has 2 bridgehead atoms. The first-order valence-corrected chi connectivity index (χ1v) is 12.6. The minimum atomic E-state index is 0.0964. The van der Waals surface area contributed by atoms with Crippen LogP contribution in [0.2, 0.25) is 0 Å². The Morgan fingerprint density at radius 2 is 1.83 bits per heavy atom. The van der Waals surface area contributed by atoms with Crippen LogP contribution < -0.4 is 5.73 Å². The summed E-state index contributed by atoms with van der Waals surface area (Å²) in [7, 11) is 0. The smallest absolute Gasteiger partial charge is 0.0839 e. The van der Waals surface area contributed by atoms with Crippen molar-refractivity contribution >= 4 is 17.2 Å². The van der Waals surface area contributed by atoms with Crippen LogP contribution in [-0.2, 0) is 5.41 Å². The molecule has 1 saturated heterocycles. The van der Waals surface area contributed by atoms with Gasteiger partial charge in [0.2, 0.25) is 0 Å². The Morgan fingerprint density at radius 1 is 1.13 bits per heavy atom. The summed E-state index contributed by atoms with van der Waals surface area (Å²) in [6.07, 6.45) is 7.45. The number of rotatable bonds is 3. The average Bonchev–Trinajstić information content (AvgIpc) is 2.69. The van der Waals surface area contributed by atoms with E-state index in [1.807, 2.05) is 0 Å². The zero-order valence-corrected chi connectivity index (χ0v) is 20.6. The van der Waals surface area contributed by atoms with Crippen LogP contribution in [0.15, 0.2) is 30.3 Å². The van der Waals surface area contributed by atoms with Crippen molar-refractivity contribution in [2.24, 2.45) is 34.3 Å². The Morgan fingerprint density at radius 3 is 2.47 bits per heavy atom. The van der Waals surface area contributed by atoms with Crippen LogP contribution in [0, 0.1) is 28.6 Å². The summed E-state index contributed by atoms with van der Waals surface area (Å²) >= 11 is 6.32. The number of nitrogens with two attached hydrogens (primary N) is 1. The van der Waals surface area contributed by atoms with Crippen molar-refractivity contribution in [3.63, 3.8) is 0 Å². The number of likely N-dealkylation sites (tertiary alicyclic amines) is 1. The molecule has 1 aromatic carbocycles. The quantitative estimate of drug-likeness (QED) is 0.585. The second-order valence-electron chi connectivity index (χ2n) is 11.9. The van der Waals surface area contributed by atoms with Gasteiger partial charge in [-0.1, -0.05) is 83.6 Å². The molecule has 2 nitrogen and oxygen atoms in total. The third kappa shape index (κ3) is 3.75. The molecule has 0 spiro atoms. The van der Waals surface area contributed by atoms with E-state index in [1.165, 1.54) is 37.1 Å². The fraction of sp³-hybridized carbons (Fsp3) is 0.741.